The van der Waals surface area contributed by atoms with Crippen molar-refractivity contribution in [3.63, 3.8) is 0 Å². The van der Waals surface area contributed by atoms with Crippen molar-refractivity contribution in [1.29, 1.82) is 0 Å². The second-order valence-electron chi connectivity index (χ2n) is 11.3. The highest BCUT2D eigenvalue weighted by Crippen LogP contribution is 2.22. The van der Waals surface area contributed by atoms with E-state index in [0.717, 1.165) is 51.1 Å². The number of amides is 4. The quantitative estimate of drug-likeness (QED) is 0.369. The first-order chi connectivity index (χ1) is 19.0. The molecule has 3 rings (SSSR count). The fourth-order valence-corrected chi connectivity index (χ4v) is 5.28. The van der Waals surface area contributed by atoms with E-state index >= 15 is 0 Å². The van der Waals surface area contributed by atoms with Gasteiger partial charge in [0.15, 0.2) is 0 Å². The minimum atomic E-state index is -0.613. The number of pyridine rings is 1. The zero-order valence-corrected chi connectivity index (χ0v) is 25.3. The number of piperazine rings is 1. The molecule has 12 heteroatoms. The number of carbonyl (C=O) groups excluding carboxylic acids is 3. The predicted molar refractivity (Wildman–Crippen MR) is 158 cm³/mol. The second-order valence-corrected chi connectivity index (χ2v) is 12.2. The number of ether oxygens (including phenoxy) is 1. The maximum atomic E-state index is 12.9. The number of alkyl carbamates (subject to hydrolysis) is 1. The summed E-state index contributed by atoms with van der Waals surface area (Å²) in [5.74, 6) is 0.269. The van der Waals surface area contributed by atoms with E-state index < -0.39 is 11.7 Å². The van der Waals surface area contributed by atoms with Crippen molar-refractivity contribution < 1.29 is 19.1 Å². The molecular formula is C28H45N7O4S. The molecule has 0 aliphatic carbocycles. The fourth-order valence-electron chi connectivity index (χ4n) is 4.32. The third-order valence-corrected chi connectivity index (χ3v) is 7.49. The van der Waals surface area contributed by atoms with Gasteiger partial charge in [0.2, 0.25) is 0 Å². The van der Waals surface area contributed by atoms with Crippen molar-refractivity contribution >= 4 is 29.8 Å². The van der Waals surface area contributed by atoms with Crippen molar-refractivity contribution in [1.82, 2.24) is 35.6 Å². The van der Waals surface area contributed by atoms with Crippen molar-refractivity contribution in [2.75, 3.05) is 58.6 Å². The van der Waals surface area contributed by atoms with Gasteiger partial charge in [0, 0.05) is 57.8 Å². The molecule has 2 aliphatic rings. The number of thioether (sulfide) groups is 1. The Morgan fingerprint density at radius 2 is 1.93 bits per heavy atom. The Morgan fingerprint density at radius 1 is 1.18 bits per heavy atom. The number of urea groups is 1. The highest BCUT2D eigenvalue weighted by Gasteiger charge is 2.26. The van der Waals surface area contributed by atoms with E-state index in [4.69, 9.17) is 4.74 Å². The van der Waals surface area contributed by atoms with Crippen LogP contribution in [0.2, 0.25) is 0 Å². The van der Waals surface area contributed by atoms with Crippen molar-refractivity contribution in [2.24, 2.45) is 0 Å². The van der Waals surface area contributed by atoms with Gasteiger partial charge in [0.1, 0.15) is 11.3 Å². The highest BCUT2D eigenvalue weighted by atomic mass is 32.2. The monoisotopic (exact) mass is 575 g/mol. The molecule has 11 nitrogen and oxygen atoms in total. The first-order valence-electron chi connectivity index (χ1n) is 14.0. The summed E-state index contributed by atoms with van der Waals surface area (Å²) in [5, 5.41) is 10.5. The Kier molecular flexibility index (Phi) is 12.1. The minimum Gasteiger partial charge on any atom is -0.444 e. The maximum Gasteiger partial charge on any atom is 0.411 e. The summed E-state index contributed by atoms with van der Waals surface area (Å²) in [6.45, 7) is 14.3. The minimum absolute atomic E-state index is 0.0856. The SMILES string of the molecule is CCCNC(=O)N(CCCN1CCN(C)CC1)Cc1ccc(C(=O)NC2CSC=C2NC(=O)OC(C)(C)C)nc1. The van der Waals surface area contributed by atoms with Gasteiger partial charge in [-0.3, -0.25) is 15.1 Å². The first-order valence-corrected chi connectivity index (χ1v) is 15.1. The molecule has 0 bridgehead atoms. The zero-order valence-electron chi connectivity index (χ0n) is 24.5. The van der Waals surface area contributed by atoms with E-state index in [2.05, 4.69) is 37.8 Å². The van der Waals surface area contributed by atoms with Crippen LogP contribution < -0.4 is 16.0 Å². The zero-order chi connectivity index (χ0) is 29.1. The van der Waals surface area contributed by atoms with Crippen LogP contribution in [0, 0.1) is 0 Å². The van der Waals surface area contributed by atoms with Gasteiger partial charge < -0.3 is 30.1 Å². The van der Waals surface area contributed by atoms with Crippen molar-refractivity contribution in [3.05, 3.63) is 40.7 Å². The Labute approximate surface area is 242 Å². The smallest absolute Gasteiger partial charge is 0.411 e. The van der Waals surface area contributed by atoms with Gasteiger partial charge in [-0.15, -0.1) is 11.8 Å². The van der Waals surface area contributed by atoms with Crippen LogP contribution in [0.1, 0.15) is 56.6 Å². The van der Waals surface area contributed by atoms with Gasteiger partial charge in [0.25, 0.3) is 5.91 Å². The Morgan fingerprint density at radius 3 is 2.58 bits per heavy atom. The average molecular weight is 576 g/mol. The predicted octanol–water partition coefficient (Wildman–Crippen LogP) is 2.85. The molecule has 0 spiro atoms. The van der Waals surface area contributed by atoms with Gasteiger partial charge in [-0.05, 0) is 64.2 Å². The molecule has 1 saturated heterocycles. The number of carbonyl (C=O) groups is 3. The lowest BCUT2D eigenvalue weighted by Gasteiger charge is -2.33. The maximum absolute atomic E-state index is 12.9. The summed E-state index contributed by atoms with van der Waals surface area (Å²) in [6.07, 6.45) is 2.85. The lowest BCUT2D eigenvalue weighted by Crippen LogP contribution is -2.46. The van der Waals surface area contributed by atoms with Crippen LogP contribution in [-0.2, 0) is 11.3 Å². The molecule has 1 aromatic heterocycles. The third-order valence-electron chi connectivity index (χ3n) is 6.54. The summed E-state index contributed by atoms with van der Waals surface area (Å²) in [6, 6.07) is 3.06. The summed E-state index contributed by atoms with van der Waals surface area (Å²) in [5.41, 5.74) is 1.10. The topological polar surface area (TPSA) is 119 Å². The number of hydrogen-bond acceptors (Lipinski definition) is 8. The summed E-state index contributed by atoms with van der Waals surface area (Å²) in [7, 11) is 2.14. The number of nitrogens with one attached hydrogen (secondary N) is 3. The van der Waals surface area contributed by atoms with Crippen LogP contribution in [-0.4, -0.2) is 108 Å². The number of rotatable bonds is 11. The second kappa shape index (κ2) is 15.2. The number of likely N-dealkylation sites (N-methyl/N-ethyl adjacent to an activating group) is 1. The molecule has 0 radical (unpaired) electrons. The van der Waals surface area contributed by atoms with Crippen LogP contribution in [0.3, 0.4) is 0 Å². The highest BCUT2D eigenvalue weighted by molar-refractivity contribution is 8.02. The van der Waals surface area contributed by atoms with E-state index in [1.54, 1.807) is 33.0 Å². The lowest BCUT2D eigenvalue weighted by molar-refractivity contribution is 0.0541. The van der Waals surface area contributed by atoms with Crippen LogP contribution in [0.15, 0.2) is 29.4 Å². The van der Waals surface area contributed by atoms with Crippen LogP contribution in [0.25, 0.3) is 0 Å². The fraction of sp³-hybridized carbons (Fsp3) is 0.643. The van der Waals surface area contributed by atoms with E-state index in [9.17, 15) is 14.4 Å². The molecule has 3 heterocycles. The number of hydrogen-bond donors (Lipinski definition) is 3. The Balaban J connectivity index is 1.53. The van der Waals surface area contributed by atoms with Crippen molar-refractivity contribution in [3.8, 4) is 0 Å². The molecule has 4 amide bonds. The molecule has 1 fully saturated rings. The molecule has 40 heavy (non-hydrogen) atoms. The molecule has 3 N–H and O–H groups in total. The van der Waals surface area contributed by atoms with Gasteiger partial charge in [0.05, 0.1) is 11.7 Å². The first kappa shape index (κ1) is 31.7. The molecule has 0 saturated carbocycles. The normalized spacial score (nSPS) is 18.1. The van der Waals surface area contributed by atoms with Crippen molar-refractivity contribution in [2.45, 2.75) is 58.7 Å². The van der Waals surface area contributed by atoms with E-state index in [-0.39, 0.29) is 23.7 Å². The van der Waals surface area contributed by atoms with Gasteiger partial charge in [-0.2, -0.15) is 0 Å². The van der Waals surface area contributed by atoms with E-state index in [0.29, 0.717) is 31.1 Å². The van der Waals surface area contributed by atoms with E-state index in [1.165, 1.54) is 11.8 Å². The number of aromatic nitrogens is 1. The molecular weight excluding hydrogens is 530 g/mol. The van der Waals surface area contributed by atoms with Crippen LogP contribution >= 0.6 is 11.8 Å². The summed E-state index contributed by atoms with van der Waals surface area (Å²) < 4.78 is 5.32. The van der Waals surface area contributed by atoms with Gasteiger partial charge in [-0.25, -0.2) is 9.59 Å². The molecule has 1 unspecified atom stereocenters. The molecule has 2 aliphatic heterocycles. The molecule has 1 atom stereocenters. The molecule has 0 aromatic carbocycles. The van der Waals surface area contributed by atoms with E-state index in [1.807, 2.05) is 23.3 Å². The van der Waals surface area contributed by atoms with Gasteiger partial charge in [-0.1, -0.05) is 13.0 Å². The number of nitrogens with zero attached hydrogens (tertiary/aromatic N) is 4. The van der Waals surface area contributed by atoms with Crippen LogP contribution in [0.5, 0.6) is 0 Å². The molecule has 1 aromatic rings. The lowest BCUT2D eigenvalue weighted by atomic mass is 10.2. The Hall–Kier alpha value is -2.83. The largest absolute Gasteiger partial charge is 0.444 e. The standard InChI is InChI=1S/C28H45N7O4S/c1-6-10-29-26(37)35(12-7-11-34-15-13-33(5)14-16-34)18-21-8-9-22(30-17-21)25(36)31-23-19-40-20-24(23)32-27(38)39-28(2,3)4/h8-9,17,20,23H,6-7,10-16,18-19H2,1-5H3,(H,29,37)(H,31,36)(H,32,38). The average Bonchev–Trinajstić information content (AvgIpc) is 3.32. The Bertz CT molecular complexity index is 1020. The van der Waals surface area contributed by atoms with Gasteiger partial charge >= 0.3 is 12.1 Å². The third kappa shape index (κ3) is 10.6. The summed E-state index contributed by atoms with van der Waals surface area (Å²) >= 11 is 1.50. The van der Waals surface area contributed by atoms with Crippen LogP contribution in [0.4, 0.5) is 9.59 Å². The molecule has 222 valence electrons. The summed E-state index contributed by atoms with van der Waals surface area (Å²) in [4.78, 5) is 48.9.